The molecule has 1 aromatic heterocycles. The minimum absolute atomic E-state index is 0.199. The van der Waals surface area contributed by atoms with Gasteiger partial charge in [-0.25, -0.2) is 0 Å². The van der Waals surface area contributed by atoms with Gasteiger partial charge in [-0.1, -0.05) is 32.4 Å². The van der Waals surface area contributed by atoms with Crippen LogP contribution in [0, 0.1) is 5.41 Å². The van der Waals surface area contributed by atoms with Crippen LogP contribution in [-0.4, -0.2) is 10.2 Å². The summed E-state index contributed by atoms with van der Waals surface area (Å²) in [7, 11) is 0. The first-order valence-electron chi connectivity index (χ1n) is 5.50. The van der Waals surface area contributed by atoms with Crippen LogP contribution >= 0.6 is 11.6 Å². The number of halogens is 1. The summed E-state index contributed by atoms with van der Waals surface area (Å²) in [5.74, 6) is 0.616. The maximum Gasteiger partial charge on any atom is 0.152 e. The molecule has 2 atom stereocenters. The van der Waals surface area contributed by atoms with E-state index in [0.717, 1.165) is 0 Å². The van der Waals surface area contributed by atoms with Crippen LogP contribution in [-0.2, 0) is 5.41 Å². The highest BCUT2D eigenvalue weighted by molar-refractivity contribution is 6.29. The van der Waals surface area contributed by atoms with Gasteiger partial charge >= 0.3 is 0 Å². The second-order valence-electron chi connectivity index (χ2n) is 5.62. The fourth-order valence-corrected chi connectivity index (χ4v) is 3.70. The first-order valence-corrected chi connectivity index (χ1v) is 5.88. The van der Waals surface area contributed by atoms with Crippen molar-refractivity contribution in [2.24, 2.45) is 5.41 Å². The molecule has 0 aliphatic heterocycles. The number of fused-ring (bicyclic) bond motifs is 5. The topological polar surface area (TPSA) is 25.8 Å². The van der Waals surface area contributed by atoms with Crippen molar-refractivity contribution in [3.05, 3.63) is 22.5 Å². The lowest BCUT2D eigenvalue weighted by atomic mass is 9.70. The van der Waals surface area contributed by atoms with Crippen LogP contribution in [0.1, 0.15) is 50.8 Å². The van der Waals surface area contributed by atoms with E-state index in [1.54, 1.807) is 0 Å². The molecule has 0 saturated heterocycles. The highest BCUT2D eigenvalue weighted by Crippen LogP contribution is 2.67. The zero-order valence-corrected chi connectivity index (χ0v) is 10.1. The van der Waals surface area contributed by atoms with E-state index in [2.05, 4.69) is 31.0 Å². The molecule has 3 rings (SSSR count). The van der Waals surface area contributed by atoms with Crippen molar-refractivity contribution in [3.8, 4) is 0 Å². The predicted molar refractivity (Wildman–Crippen MR) is 60.2 cm³/mol. The molecule has 1 fully saturated rings. The van der Waals surface area contributed by atoms with E-state index in [9.17, 15) is 0 Å². The lowest BCUT2D eigenvalue weighted by Crippen LogP contribution is -2.32. The van der Waals surface area contributed by atoms with Crippen LogP contribution in [0.5, 0.6) is 0 Å². The summed E-state index contributed by atoms with van der Waals surface area (Å²) in [6.45, 7) is 7.02. The summed E-state index contributed by atoms with van der Waals surface area (Å²) < 4.78 is 0. The molecule has 0 N–H and O–H groups in total. The summed E-state index contributed by atoms with van der Waals surface area (Å²) >= 11 is 5.93. The molecule has 0 amide bonds. The molecule has 0 aromatic carbocycles. The van der Waals surface area contributed by atoms with Gasteiger partial charge in [0.25, 0.3) is 0 Å². The molecule has 2 aliphatic rings. The van der Waals surface area contributed by atoms with Gasteiger partial charge in [-0.3, -0.25) is 0 Å². The summed E-state index contributed by atoms with van der Waals surface area (Å²) in [4.78, 5) is 0. The van der Waals surface area contributed by atoms with Crippen LogP contribution < -0.4 is 0 Å². The van der Waals surface area contributed by atoms with Gasteiger partial charge in [0.15, 0.2) is 5.15 Å². The molecule has 0 spiro atoms. The quantitative estimate of drug-likeness (QED) is 0.673. The minimum atomic E-state index is 0.199. The van der Waals surface area contributed by atoms with Gasteiger partial charge in [0, 0.05) is 5.41 Å². The average Bonchev–Trinajstić information content (AvgIpc) is 2.47. The molecule has 2 unspecified atom stereocenters. The zero-order chi connectivity index (χ0) is 10.8. The summed E-state index contributed by atoms with van der Waals surface area (Å²) in [6, 6.07) is 2.01. The predicted octanol–water partition coefficient (Wildman–Crippen LogP) is 3.30. The van der Waals surface area contributed by atoms with E-state index >= 15 is 0 Å². The van der Waals surface area contributed by atoms with Gasteiger partial charge in [0.1, 0.15) is 0 Å². The number of rotatable bonds is 0. The van der Waals surface area contributed by atoms with Gasteiger partial charge in [-0.15, -0.1) is 5.10 Å². The smallest absolute Gasteiger partial charge is 0.152 e. The Bertz CT molecular complexity index is 441. The van der Waals surface area contributed by atoms with Crippen molar-refractivity contribution in [1.29, 1.82) is 0 Å². The van der Waals surface area contributed by atoms with Crippen molar-refractivity contribution < 1.29 is 0 Å². The van der Waals surface area contributed by atoms with Crippen molar-refractivity contribution >= 4 is 11.6 Å². The summed E-state index contributed by atoms with van der Waals surface area (Å²) in [6.07, 6.45) is 2.49. The van der Waals surface area contributed by atoms with E-state index < -0.39 is 0 Å². The van der Waals surface area contributed by atoms with Crippen molar-refractivity contribution in [3.63, 3.8) is 0 Å². The average molecular weight is 223 g/mol. The monoisotopic (exact) mass is 222 g/mol. The Balaban J connectivity index is 2.29. The SMILES string of the molecule is CC12CCC(c3cc(Cl)nnc31)C2(C)C. The molecule has 2 bridgehead atoms. The second kappa shape index (κ2) is 2.54. The zero-order valence-electron chi connectivity index (χ0n) is 9.34. The molecule has 2 nitrogen and oxygen atoms in total. The summed E-state index contributed by atoms with van der Waals surface area (Å²) in [5, 5.41) is 8.85. The molecular weight excluding hydrogens is 208 g/mol. The molecule has 3 heteroatoms. The second-order valence-corrected chi connectivity index (χ2v) is 6.00. The maximum atomic E-state index is 5.93. The van der Waals surface area contributed by atoms with Gasteiger partial charge in [0.05, 0.1) is 5.69 Å². The number of nitrogens with zero attached hydrogens (tertiary/aromatic N) is 2. The summed E-state index contributed by atoms with van der Waals surface area (Å²) in [5.41, 5.74) is 3.03. The first-order chi connectivity index (χ1) is 6.97. The fourth-order valence-electron chi connectivity index (χ4n) is 3.54. The Labute approximate surface area is 95.1 Å². The number of hydrogen-bond donors (Lipinski definition) is 0. The van der Waals surface area contributed by atoms with Crippen molar-refractivity contribution in [1.82, 2.24) is 10.2 Å². The Morgan fingerprint density at radius 2 is 2.07 bits per heavy atom. The Hall–Kier alpha value is -0.630. The van der Waals surface area contributed by atoms with Crippen molar-refractivity contribution in [2.45, 2.75) is 44.9 Å². The molecule has 15 heavy (non-hydrogen) atoms. The van der Waals surface area contributed by atoms with E-state index in [0.29, 0.717) is 16.5 Å². The molecule has 0 radical (unpaired) electrons. The highest BCUT2D eigenvalue weighted by atomic mass is 35.5. The normalized spacial score (nSPS) is 35.6. The minimum Gasteiger partial charge on any atom is -0.153 e. The molecular formula is C12H15ClN2. The third kappa shape index (κ3) is 0.919. The van der Waals surface area contributed by atoms with Crippen molar-refractivity contribution in [2.75, 3.05) is 0 Å². The first kappa shape index (κ1) is 9.59. The van der Waals surface area contributed by atoms with Gasteiger partial charge < -0.3 is 0 Å². The van der Waals surface area contributed by atoms with Crippen LogP contribution in [0.25, 0.3) is 0 Å². The fraction of sp³-hybridized carbons (Fsp3) is 0.667. The number of hydrogen-bond acceptors (Lipinski definition) is 2. The Morgan fingerprint density at radius 3 is 2.80 bits per heavy atom. The van der Waals surface area contributed by atoms with Crippen LogP contribution in [0.4, 0.5) is 0 Å². The van der Waals surface area contributed by atoms with Crippen LogP contribution in [0.3, 0.4) is 0 Å². The molecule has 1 saturated carbocycles. The Kier molecular flexibility index (Phi) is 1.62. The van der Waals surface area contributed by atoms with E-state index in [-0.39, 0.29) is 5.41 Å². The van der Waals surface area contributed by atoms with E-state index in [1.165, 1.54) is 24.1 Å². The largest absolute Gasteiger partial charge is 0.153 e. The molecule has 1 aromatic rings. The number of aromatic nitrogens is 2. The Morgan fingerprint density at radius 1 is 1.33 bits per heavy atom. The van der Waals surface area contributed by atoms with E-state index in [4.69, 9.17) is 11.6 Å². The lowest BCUT2D eigenvalue weighted by Gasteiger charge is -2.33. The molecule has 2 aliphatic carbocycles. The molecule has 80 valence electrons. The highest BCUT2D eigenvalue weighted by Gasteiger charge is 2.60. The standard InChI is InChI=1S/C12H15ClN2/c1-11(2)8-4-5-12(11,3)10-7(8)6-9(13)14-15-10/h6,8H,4-5H2,1-3H3. The van der Waals surface area contributed by atoms with Gasteiger partial charge in [-0.2, -0.15) is 5.10 Å². The lowest BCUT2D eigenvalue weighted by molar-refractivity contribution is 0.226. The third-order valence-corrected chi connectivity index (χ3v) is 5.10. The van der Waals surface area contributed by atoms with Crippen LogP contribution in [0.2, 0.25) is 5.15 Å². The van der Waals surface area contributed by atoms with Gasteiger partial charge in [0.2, 0.25) is 0 Å². The van der Waals surface area contributed by atoms with Gasteiger partial charge in [-0.05, 0) is 35.8 Å². The van der Waals surface area contributed by atoms with Crippen LogP contribution in [0.15, 0.2) is 6.07 Å². The van der Waals surface area contributed by atoms with E-state index in [1.807, 2.05) is 6.07 Å². The molecule has 1 heterocycles. The maximum absolute atomic E-state index is 5.93. The third-order valence-electron chi connectivity index (χ3n) is 4.92.